The lowest BCUT2D eigenvalue weighted by Gasteiger charge is -2.16. The summed E-state index contributed by atoms with van der Waals surface area (Å²) in [6, 6.07) is 0. The van der Waals surface area contributed by atoms with E-state index in [1.165, 1.54) is 11.3 Å². The molecule has 0 aromatic carbocycles. The monoisotopic (exact) mass is 212 g/mol. The lowest BCUT2D eigenvalue weighted by atomic mass is 10.1. The average molecular weight is 212 g/mol. The first-order valence-corrected chi connectivity index (χ1v) is 5.49. The molecule has 1 aromatic heterocycles. The summed E-state index contributed by atoms with van der Waals surface area (Å²) in [4.78, 5) is 12.4. The van der Waals surface area contributed by atoms with E-state index < -0.39 is 0 Å². The molecule has 0 aliphatic carbocycles. The van der Waals surface area contributed by atoms with Gasteiger partial charge in [-0.3, -0.25) is 4.79 Å². The molecule has 0 unspecified atom stereocenters. The summed E-state index contributed by atoms with van der Waals surface area (Å²) < 4.78 is 10.8. The Labute approximate surface area is 86.6 Å². The van der Waals surface area contributed by atoms with Gasteiger partial charge in [0.05, 0.1) is 0 Å². The fraction of sp³-hybridized carbons (Fsp3) is 0.500. The second-order valence-electron chi connectivity index (χ2n) is 3.47. The van der Waals surface area contributed by atoms with Crippen LogP contribution in [0.15, 0.2) is 5.38 Å². The van der Waals surface area contributed by atoms with Crippen molar-refractivity contribution in [1.29, 1.82) is 0 Å². The summed E-state index contributed by atoms with van der Waals surface area (Å²) in [6.45, 7) is 4.87. The van der Waals surface area contributed by atoms with Crippen LogP contribution in [-0.2, 0) is 0 Å². The molecule has 1 aliphatic heterocycles. The fourth-order valence-corrected chi connectivity index (χ4v) is 2.31. The molecule has 0 atom stereocenters. The van der Waals surface area contributed by atoms with Gasteiger partial charge in [0.25, 0.3) is 0 Å². The second kappa shape index (κ2) is 3.61. The first-order chi connectivity index (χ1) is 6.70. The number of fused-ring (bicyclic) bond motifs is 1. The summed E-state index contributed by atoms with van der Waals surface area (Å²) in [5.74, 6) is 1.48. The van der Waals surface area contributed by atoms with Crippen LogP contribution >= 0.6 is 11.3 Å². The van der Waals surface area contributed by atoms with Crippen LogP contribution in [0.1, 0.15) is 23.5 Å². The van der Waals surface area contributed by atoms with Crippen molar-refractivity contribution in [3.63, 3.8) is 0 Å². The summed E-state index contributed by atoms with van der Waals surface area (Å²) in [5, 5.41) is 1.84. The molecule has 0 radical (unpaired) electrons. The number of thiophene rings is 1. The Morgan fingerprint density at radius 3 is 2.86 bits per heavy atom. The molecule has 0 fully saturated rings. The topological polar surface area (TPSA) is 35.5 Å². The minimum atomic E-state index is 0.00303. The molecular formula is C10H12O3S. The molecule has 0 N–H and O–H groups in total. The molecule has 1 aromatic rings. The van der Waals surface area contributed by atoms with Crippen molar-refractivity contribution in [1.82, 2.24) is 0 Å². The quantitative estimate of drug-likeness (QED) is 0.706. The highest BCUT2D eigenvalue weighted by atomic mass is 32.1. The minimum Gasteiger partial charge on any atom is -0.485 e. The van der Waals surface area contributed by atoms with E-state index in [0.29, 0.717) is 29.6 Å². The van der Waals surface area contributed by atoms with Crippen molar-refractivity contribution in [2.45, 2.75) is 13.8 Å². The van der Waals surface area contributed by atoms with Crippen LogP contribution in [0.4, 0.5) is 0 Å². The van der Waals surface area contributed by atoms with Crippen molar-refractivity contribution < 1.29 is 14.3 Å². The number of Topliss-reactive ketones (excluding diaryl/α,β-unsaturated/α-hetero) is 1. The van der Waals surface area contributed by atoms with E-state index in [9.17, 15) is 4.79 Å². The molecule has 0 saturated heterocycles. The SMILES string of the molecule is CC(C)C(=O)c1scc2c1OCCO2. The Bertz CT molecular complexity index is 354. The zero-order valence-corrected chi connectivity index (χ0v) is 9.02. The zero-order chi connectivity index (χ0) is 10.1. The van der Waals surface area contributed by atoms with Gasteiger partial charge >= 0.3 is 0 Å². The highest BCUT2D eigenvalue weighted by Gasteiger charge is 2.24. The van der Waals surface area contributed by atoms with Crippen LogP contribution in [0.2, 0.25) is 0 Å². The van der Waals surface area contributed by atoms with Crippen LogP contribution in [0.25, 0.3) is 0 Å². The second-order valence-corrected chi connectivity index (χ2v) is 4.35. The van der Waals surface area contributed by atoms with Crippen LogP contribution in [-0.4, -0.2) is 19.0 Å². The smallest absolute Gasteiger partial charge is 0.183 e. The highest BCUT2D eigenvalue weighted by Crippen LogP contribution is 2.40. The largest absolute Gasteiger partial charge is 0.485 e. The normalized spacial score (nSPS) is 14.5. The first-order valence-electron chi connectivity index (χ1n) is 4.61. The van der Waals surface area contributed by atoms with Crippen molar-refractivity contribution in [3.8, 4) is 11.5 Å². The number of hydrogen-bond acceptors (Lipinski definition) is 4. The Balaban J connectivity index is 2.35. The number of carbonyl (C=O) groups is 1. The third kappa shape index (κ3) is 1.50. The molecule has 4 heteroatoms. The molecule has 0 saturated carbocycles. The van der Waals surface area contributed by atoms with E-state index in [0.717, 1.165) is 0 Å². The van der Waals surface area contributed by atoms with E-state index in [4.69, 9.17) is 9.47 Å². The van der Waals surface area contributed by atoms with E-state index in [-0.39, 0.29) is 11.7 Å². The molecule has 0 bridgehead atoms. The maximum absolute atomic E-state index is 11.8. The third-order valence-electron chi connectivity index (χ3n) is 2.05. The zero-order valence-electron chi connectivity index (χ0n) is 8.20. The predicted octanol–water partition coefficient (Wildman–Crippen LogP) is 2.36. The van der Waals surface area contributed by atoms with Crippen LogP contribution in [0.5, 0.6) is 11.5 Å². The predicted molar refractivity (Wildman–Crippen MR) is 54.5 cm³/mol. The van der Waals surface area contributed by atoms with Gasteiger partial charge in [-0.1, -0.05) is 13.8 Å². The minimum absolute atomic E-state index is 0.00303. The molecular weight excluding hydrogens is 200 g/mol. The number of hydrogen-bond donors (Lipinski definition) is 0. The molecule has 3 nitrogen and oxygen atoms in total. The van der Waals surface area contributed by atoms with Gasteiger partial charge in [-0.15, -0.1) is 11.3 Å². The summed E-state index contributed by atoms with van der Waals surface area (Å²) >= 11 is 1.40. The van der Waals surface area contributed by atoms with Gasteiger partial charge < -0.3 is 9.47 Å². The number of rotatable bonds is 2. The average Bonchev–Trinajstić information content (AvgIpc) is 2.60. The maximum atomic E-state index is 11.8. The Kier molecular flexibility index (Phi) is 2.46. The number of ketones is 1. The summed E-state index contributed by atoms with van der Waals surface area (Å²) in [7, 11) is 0. The van der Waals surface area contributed by atoms with E-state index in [1.807, 2.05) is 19.2 Å². The lowest BCUT2D eigenvalue weighted by Crippen LogP contribution is -2.16. The molecule has 2 heterocycles. The number of carbonyl (C=O) groups excluding carboxylic acids is 1. The highest BCUT2D eigenvalue weighted by molar-refractivity contribution is 7.12. The third-order valence-corrected chi connectivity index (χ3v) is 3.00. The fourth-order valence-electron chi connectivity index (χ4n) is 1.30. The van der Waals surface area contributed by atoms with Gasteiger partial charge in [-0.2, -0.15) is 0 Å². The van der Waals surface area contributed by atoms with Crippen LogP contribution in [0.3, 0.4) is 0 Å². The van der Waals surface area contributed by atoms with Crippen LogP contribution < -0.4 is 9.47 Å². The van der Waals surface area contributed by atoms with Crippen molar-refractivity contribution in [3.05, 3.63) is 10.3 Å². The molecule has 1 aliphatic rings. The molecule has 0 spiro atoms. The van der Waals surface area contributed by atoms with Gasteiger partial charge in [-0.25, -0.2) is 0 Å². The van der Waals surface area contributed by atoms with E-state index in [1.54, 1.807) is 0 Å². The molecule has 0 amide bonds. The molecule has 14 heavy (non-hydrogen) atoms. The lowest BCUT2D eigenvalue weighted by molar-refractivity contribution is 0.0934. The summed E-state index contributed by atoms with van der Waals surface area (Å²) in [5.41, 5.74) is 0. The van der Waals surface area contributed by atoms with Gasteiger partial charge in [-0.05, 0) is 0 Å². The molecule has 2 rings (SSSR count). The Morgan fingerprint density at radius 1 is 1.43 bits per heavy atom. The molecule has 76 valence electrons. The van der Waals surface area contributed by atoms with Crippen molar-refractivity contribution in [2.75, 3.05) is 13.2 Å². The van der Waals surface area contributed by atoms with Gasteiger partial charge in [0.2, 0.25) is 0 Å². The Morgan fingerprint density at radius 2 is 2.14 bits per heavy atom. The standard InChI is InChI=1S/C10H12O3S/c1-6(2)8(11)10-9-7(5-14-10)12-3-4-13-9/h5-6H,3-4H2,1-2H3. The van der Waals surface area contributed by atoms with Gasteiger partial charge in [0, 0.05) is 11.3 Å². The van der Waals surface area contributed by atoms with Gasteiger partial charge in [0.1, 0.15) is 18.1 Å². The van der Waals surface area contributed by atoms with Crippen LogP contribution in [0, 0.1) is 5.92 Å². The summed E-state index contributed by atoms with van der Waals surface area (Å²) in [6.07, 6.45) is 0. The van der Waals surface area contributed by atoms with E-state index >= 15 is 0 Å². The Hall–Kier alpha value is -1.03. The van der Waals surface area contributed by atoms with Crippen molar-refractivity contribution >= 4 is 17.1 Å². The van der Waals surface area contributed by atoms with Gasteiger partial charge in [0.15, 0.2) is 17.3 Å². The first kappa shape index (κ1) is 9.52. The number of ether oxygens (including phenoxy) is 2. The van der Waals surface area contributed by atoms with E-state index in [2.05, 4.69) is 0 Å². The van der Waals surface area contributed by atoms with Crippen molar-refractivity contribution in [2.24, 2.45) is 5.92 Å². The maximum Gasteiger partial charge on any atom is 0.183 e.